The lowest BCUT2D eigenvalue weighted by molar-refractivity contribution is -0.385. The number of rotatable bonds is 3. The third-order valence-corrected chi connectivity index (χ3v) is 3.34. The van der Waals surface area contributed by atoms with Crippen molar-refractivity contribution in [2.24, 2.45) is 5.10 Å². The number of hydrazone groups is 1. The first kappa shape index (κ1) is 17.9. The highest BCUT2D eigenvalue weighted by molar-refractivity contribution is 5.91. The summed E-state index contributed by atoms with van der Waals surface area (Å²) in [7, 11) is 0. The van der Waals surface area contributed by atoms with Crippen LogP contribution in [0, 0.1) is 17.0 Å². The molecule has 1 aliphatic heterocycles. The van der Waals surface area contributed by atoms with E-state index in [1.807, 2.05) is 0 Å². The highest BCUT2D eigenvalue weighted by atomic mass is 19.4. The summed E-state index contributed by atoms with van der Waals surface area (Å²) in [5.41, 5.74) is -1.98. The van der Waals surface area contributed by atoms with Gasteiger partial charge in [0.15, 0.2) is 0 Å². The van der Waals surface area contributed by atoms with Crippen molar-refractivity contribution in [2.45, 2.75) is 38.3 Å². The van der Waals surface area contributed by atoms with Crippen molar-refractivity contribution < 1.29 is 31.3 Å². The molecule has 0 fully saturated rings. The predicted octanol–water partition coefficient (Wildman–Crippen LogP) is 3.35. The number of pyridine rings is 1. The lowest BCUT2D eigenvalue weighted by Crippen LogP contribution is -2.40. The van der Waals surface area contributed by atoms with Gasteiger partial charge in [0.1, 0.15) is 17.4 Å². The van der Waals surface area contributed by atoms with Gasteiger partial charge in [0.05, 0.1) is 17.2 Å². The van der Waals surface area contributed by atoms with E-state index in [-0.39, 0.29) is 22.1 Å². The first-order chi connectivity index (χ1) is 10.9. The van der Waals surface area contributed by atoms with Gasteiger partial charge in [0, 0.05) is 12.5 Å². The van der Waals surface area contributed by atoms with Gasteiger partial charge in [-0.1, -0.05) is 0 Å². The molecule has 0 aromatic carbocycles. The summed E-state index contributed by atoms with van der Waals surface area (Å²) in [4.78, 5) is 13.7. The van der Waals surface area contributed by atoms with Gasteiger partial charge in [0.25, 0.3) is 5.69 Å². The summed E-state index contributed by atoms with van der Waals surface area (Å²) < 4.78 is 76.7. The number of halogens is 6. The Morgan fingerprint density at radius 2 is 1.92 bits per heavy atom. The molecule has 2 rings (SSSR count). The highest BCUT2D eigenvalue weighted by Gasteiger charge is 2.52. The number of hydrogen-bond acceptors (Lipinski definition) is 5. The maximum absolute atomic E-state index is 12.9. The van der Waals surface area contributed by atoms with Crippen LogP contribution in [-0.2, 0) is 6.54 Å². The second kappa shape index (κ2) is 5.91. The highest BCUT2D eigenvalue weighted by Crippen LogP contribution is 2.36. The molecule has 1 aromatic heterocycles. The maximum Gasteiger partial charge on any atom is 0.431 e. The average molecular weight is 356 g/mol. The van der Waals surface area contributed by atoms with Crippen LogP contribution in [0.15, 0.2) is 17.2 Å². The molecular weight excluding hydrogens is 346 g/mol. The summed E-state index contributed by atoms with van der Waals surface area (Å²) in [6, 6.07) is -0.309. The fraction of sp³-hybridized carbons (Fsp3) is 0.500. The molecule has 0 radical (unpaired) electrons. The van der Waals surface area contributed by atoms with Crippen LogP contribution < -0.4 is 0 Å². The Hall–Kier alpha value is -2.40. The van der Waals surface area contributed by atoms with E-state index in [9.17, 15) is 36.5 Å². The fourth-order valence-electron chi connectivity index (χ4n) is 2.21. The molecule has 1 aliphatic rings. The van der Waals surface area contributed by atoms with Gasteiger partial charge in [-0.15, -0.1) is 0 Å². The second-order valence-corrected chi connectivity index (χ2v) is 5.07. The lowest BCUT2D eigenvalue weighted by Gasteiger charge is -2.25. The Morgan fingerprint density at radius 1 is 1.29 bits per heavy atom. The van der Waals surface area contributed by atoms with Gasteiger partial charge in [-0.2, -0.15) is 31.4 Å². The number of aromatic nitrogens is 1. The van der Waals surface area contributed by atoms with Gasteiger partial charge >= 0.3 is 12.4 Å². The minimum absolute atomic E-state index is 0.0553. The molecular formula is C12H10F6N4O2. The Bertz CT molecular complexity index is 685. The van der Waals surface area contributed by atoms with Crippen molar-refractivity contribution in [3.63, 3.8) is 0 Å². The van der Waals surface area contributed by atoms with Gasteiger partial charge in [-0.3, -0.25) is 15.1 Å². The normalized spacial score (nSPS) is 18.7. The predicted molar refractivity (Wildman–Crippen MR) is 69.1 cm³/mol. The van der Waals surface area contributed by atoms with E-state index in [0.717, 1.165) is 12.1 Å². The number of hydrogen-bond donors (Lipinski definition) is 0. The van der Waals surface area contributed by atoms with Crippen LogP contribution in [0.3, 0.4) is 0 Å². The smallest absolute Gasteiger partial charge is 0.278 e. The van der Waals surface area contributed by atoms with Crippen molar-refractivity contribution in [2.75, 3.05) is 0 Å². The summed E-state index contributed by atoms with van der Waals surface area (Å²) in [6.07, 6.45) is -11.2. The minimum atomic E-state index is -4.96. The standard InChI is InChI=1S/C12H10F6N4O2/c1-6-8(22(23)24)3-2-7(19-6)5-21-10(12(16,17)18)4-9(20-21)11(13,14)15/h2-3,10H,4-5H2,1H3. The summed E-state index contributed by atoms with van der Waals surface area (Å²) in [5.74, 6) is 0. The van der Waals surface area contributed by atoms with Crippen molar-refractivity contribution in [3.8, 4) is 0 Å². The van der Waals surface area contributed by atoms with Gasteiger partial charge in [-0.25, -0.2) is 4.98 Å². The first-order valence-electron chi connectivity index (χ1n) is 6.48. The van der Waals surface area contributed by atoms with E-state index in [4.69, 9.17) is 0 Å². The van der Waals surface area contributed by atoms with E-state index in [1.54, 1.807) is 0 Å². The van der Waals surface area contributed by atoms with E-state index < -0.39 is 42.0 Å². The second-order valence-electron chi connectivity index (χ2n) is 5.07. The molecule has 1 atom stereocenters. The van der Waals surface area contributed by atoms with Crippen LogP contribution in [0.1, 0.15) is 17.8 Å². The molecule has 0 spiro atoms. The molecule has 1 unspecified atom stereocenters. The molecule has 0 N–H and O–H groups in total. The molecule has 0 aliphatic carbocycles. The monoisotopic (exact) mass is 356 g/mol. The van der Waals surface area contributed by atoms with Crippen LogP contribution in [0.2, 0.25) is 0 Å². The third-order valence-electron chi connectivity index (χ3n) is 3.34. The maximum atomic E-state index is 12.9. The molecule has 2 heterocycles. The molecule has 0 amide bonds. The van der Waals surface area contributed by atoms with Crippen molar-refractivity contribution in [1.29, 1.82) is 0 Å². The summed E-state index contributed by atoms with van der Waals surface area (Å²) >= 11 is 0. The molecule has 0 bridgehead atoms. The zero-order valence-electron chi connectivity index (χ0n) is 12.0. The quantitative estimate of drug-likeness (QED) is 0.473. The molecule has 132 valence electrons. The van der Waals surface area contributed by atoms with E-state index >= 15 is 0 Å². The molecule has 12 heteroatoms. The van der Waals surface area contributed by atoms with Crippen molar-refractivity contribution >= 4 is 11.4 Å². The average Bonchev–Trinajstić information content (AvgIpc) is 2.82. The van der Waals surface area contributed by atoms with Crippen LogP contribution in [0.4, 0.5) is 32.0 Å². The Labute approximate surface area is 130 Å². The third kappa shape index (κ3) is 3.74. The topological polar surface area (TPSA) is 71.6 Å². The lowest BCUT2D eigenvalue weighted by atomic mass is 10.1. The van der Waals surface area contributed by atoms with E-state index in [0.29, 0.717) is 0 Å². The van der Waals surface area contributed by atoms with Crippen LogP contribution >= 0.6 is 0 Å². The number of alkyl halides is 6. The Morgan fingerprint density at radius 3 is 2.38 bits per heavy atom. The van der Waals surface area contributed by atoms with Gasteiger partial charge in [0.2, 0.25) is 0 Å². The minimum Gasteiger partial charge on any atom is -0.278 e. The Kier molecular flexibility index (Phi) is 4.42. The largest absolute Gasteiger partial charge is 0.431 e. The van der Waals surface area contributed by atoms with Gasteiger partial charge in [-0.05, 0) is 13.0 Å². The zero-order valence-corrected chi connectivity index (χ0v) is 12.0. The van der Waals surface area contributed by atoms with Crippen LogP contribution in [0.5, 0.6) is 0 Å². The number of aryl methyl sites for hydroxylation is 1. The van der Waals surface area contributed by atoms with E-state index in [2.05, 4.69) is 10.1 Å². The fourth-order valence-corrected chi connectivity index (χ4v) is 2.21. The molecule has 6 nitrogen and oxygen atoms in total. The number of nitro groups is 1. The summed E-state index contributed by atoms with van der Waals surface area (Å²) in [6.45, 7) is 0.625. The van der Waals surface area contributed by atoms with Crippen LogP contribution in [-0.4, -0.2) is 39.0 Å². The van der Waals surface area contributed by atoms with E-state index in [1.165, 1.54) is 6.92 Å². The molecule has 0 saturated heterocycles. The first-order valence-corrected chi connectivity index (χ1v) is 6.48. The molecule has 0 saturated carbocycles. The van der Waals surface area contributed by atoms with Crippen LogP contribution in [0.25, 0.3) is 0 Å². The Balaban J connectivity index is 2.29. The zero-order chi connectivity index (χ0) is 18.3. The van der Waals surface area contributed by atoms with Crippen molar-refractivity contribution in [1.82, 2.24) is 9.99 Å². The SMILES string of the molecule is Cc1nc(CN2N=C(C(F)(F)F)CC2C(F)(F)F)ccc1[N+](=O)[O-]. The molecule has 24 heavy (non-hydrogen) atoms. The van der Waals surface area contributed by atoms with Crippen molar-refractivity contribution in [3.05, 3.63) is 33.6 Å². The van der Waals surface area contributed by atoms with Gasteiger partial charge < -0.3 is 0 Å². The molecule has 1 aromatic rings. The number of nitrogens with zero attached hydrogens (tertiary/aromatic N) is 4. The summed E-state index contributed by atoms with van der Waals surface area (Å²) in [5, 5.41) is 14.0.